The lowest BCUT2D eigenvalue weighted by molar-refractivity contribution is 0.00589. The van der Waals surface area contributed by atoms with Crippen molar-refractivity contribution in [3.05, 3.63) is 35.9 Å². The summed E-state index contributed by atoms with van der Waals surface area (Å²) in [6.07, 6.45) is 0.187. The van der Waals surface area contributed by atoms with Gasteiger partial charge in [-0.05, 0) is 23.7 Å². The number of epoxide rings is 1. The number of ether oxygens (including phenoxy) is 2. The molecule has 1 heterocycles. The van der Waals surface area contributed by atoms with Gasteiger partial charge in [-0.3, -0.25) is 0 Å². The largest absolute Gasteiger partial charge is 0.413 e. The van der Waals surface area contributed by atoms with Crippen molar-refractivity contribution >= 4 is 8.32 Å². The molecule has 1 aliphatic rings. The lowest BCUT2D eigenvalue weighted by atomic mass is 9.90. The van der Waals surface area contributed by atoms with Crippen LogP contribution in [0.4, 0.5) is 0 Å². The Bertz CT molecular complexity index is 526. The molecule has 2 rings (SSSR count). The fourth-order valence-corrected chi connectivity index (χ4v) is 7.04. The lowest BCUT2D eigenvalue weighted by Crippen LogP contribution is -2.46. The lowest BCUT2D eigenvalue weighted by Gasteiger charge is -2.38. The predicted molar refractivity (Wildman–Crippen MR) is 112 cm³/mol. The Kier molecular flexibility index (Phi) is 8.96. The smallest absolute Gasteiger partial charge is 0.192 e. The SMILES string of the molecule is CC[Si](CC)(CC)O[C@@H]([C@@H](C)[C@H]1O[C@@H]1CO)[C@H](C)COCc1ccccc1. The van der Waals surface area contributed by atoms with Crippen molar-refractivity contribution in [2.24, 2.45) is 11.8 Å². The molecule has 0 bridgehead atoms. The first-order chi connectivity index (χ1) is 13.0. The van der Waals surface area contributed by atoms with Crippen LogP contribution >= 0.6 is 0 Å². The van der Waals surface area contributed by atoms with Crippen molar-refractivity contribution in [1.29, 1.82) is 0 Å². The maximum absolute atomic E-state index is 9.40. The topological polar surface area (TPSA) is 51.2 Å². The van der Waals surface area contributed by atoms with E-state index in [9.17, 15) is 5.11 Å². The molecule has 0 amide bonds. The first-order valence-electron chi connectivity index (χ1n) is 10.6. The molecule has 5 heteroatoms. The van der Waals surface area contributed by atoms with Crippen LogP contribution in [0.15, 0.2) is 30.3 Å². The number of aliphatic hydroxyl groups excluding tert-OH is 1. The molecular formula is C22H38O4Si. The second kappa shape index (κ2) is 10.7. The standard InChI is InChI=1S/C22H38O4Si/c1-6-27(7-2,8-3)26-21(18(5)22-20(14-23)25-22)17(4)15-24-16-19-12-10-9-11-13-19/h9-13,17-18,20-23H,6-8,14-16H2,1-5H3/t17-,18-,20-,21-,22-/m1/s1. The van der Waals surface area contributed by atoms with Crippen LogP contribution in [0, 0.1) is 11.8 Å². The van der Waals surface area contributed by atoms with Gasteiger partial charge in [-0.2, -0.15) is 0 Å². The van der Waals surface area contributed by atoms with E-state index in [2.05, 4.69) is 46.8 Å². The first kappa shape index (κ1) is 22.6. The molecule has 154 valence electrons. The number of hydrogen-bond donors (Lipinski definition) is 1. The van der Waals surface area contributed by atoms with Crippen molar-refractivity contribution in [1.82, 2.24) is 0 Å². The zero-order valence-corrected chi connectivity index (χ0v) is 18.7. The Labute approximate surface area is 166 Å². The van der Waals surface area contributed by atoms with Crippen LogP contribution in [-0.2, 0) is 20.5 Å². The molecular weight excluding hydrogens is 356 g/mol. The van der Waals surface area contributed by atoms with Gasteiger partial charge in [0.25, 0.3) is 0 Å². The van der Waals surface area contributed by atoms with E-state index in [1.54, 1.807) is 0 Å². The zero-order valence-electron chi connectivity index (χ0n) is 17.7. The van der Waals surface area contributed by atoms with Crippen LogP contribution < -0.4 is 0 Å². The second-order valence-electron chi connectivity index (χ2n) is 7.98. The van der Waals surface area contributed by atoms with E-state index in [0.29, 0.717) is 13.2 Å². The van der Waals surface area contributed by atoms with Crippen LogP contribution in [0.25, 0.3) is 0 Å². The number of aliphatic hydroxyl groups is 1. The van der Waals surface area contributed by atoms with Gasteiger partial charge in [0.2, 0.25) is 0 Å². The highest BCUT2D eigenvalue weighted by atomic mass is 28.4. The molecule has 0 aromatic heterocycles. The average molecular weight is 395 g/mol. The maximum atomic E-state index is 9.40. The summed E-state index contributed by atoms with van der Waals surface area (Å²) >= 11 is 0. The minimum Gasteiger partial charge on any atom is -0.413 e. The number of hydrogen-bond acceptors (Lipinski definition) is 4. The molecule has 0 saturated carbocycles. The summed E-state index contributed by atoms with van der Waals surface area (Å²) in [6, 6.07) is 13.7. The molecule has 0 unspecified atom stereocenters. The van der Waals surface area contributed by atoms with Crippen molar-refractivity contribution in [3.8, 4) is 0 Å². The molecule has 1 fully saturated rings. The molecule has 1 aliphatic heterocycles. The van der Waals surface area contributed by atoms with Gasteiger partial charge in [0, 0.05) is 11.8 Å². The summed E-state index contributed by atoms with van der Waals surface area (Å²) in [7, 11) is -1.73. The monoisotopic (exact) mass is 394 g/mol. The van der Waals surface area contributed by atoms with Gasteiger partial charge in [0.15, 0.2) is 8.32 Å². The van der Waals surface area contributed by atoms with Crippen LogP contribution in [-0.4, -0.2) is 44.9 Å². The van der Waals surface area contributed by atoms with E-state index >= 15 is 0 Å². The number of rotatable bonds is 13. The van der Waals surface area contributed by atoms with E-state index in [0.717, 1.165) is 18.1 Å². The molecule has 4 nitrogen and oxygen atoms in total. The maximum Gasteiger partial charge on any atom is 0.192 e. The molecule has 1 N–H and O–H groups in total. The molecule has 1 aromatic carbocycles. The Morgan fingerprint density at radius 3 is 2.22 bits per heavy atom. The quantitative estimate of drug-likeness (QED) is 0.392. The molecule has 0 radical (unpaired) electrons. The van der Waals surface area contributed by atoms with Gasteiger partial charge in [0.05, 0.1) is 32.0 Å². The highest BCUT2D eigenvalue weighted by molar-refractivity contribution is 6.73. The third kappa shape index (κ3) is 6.13. The Morgan fingerprint density at radius 1 is 1.07 bits per heavy atom. The Morgan fingerprint density at radius 2 is 1.70 bits per heavy atom. The third-order valence-corrected chi connectivity index (χ3v) is 10.8. The van der Waals surface area contributed by atoms with Gasteiger partial charge in [-0.15, -0.1) is 0 Å². The van der Waals surface area contributed by atoms with Crippen LogP contribution in [0.5, 0.6) is 0 Å². The van der Waals surface area contributed by atoms with Gasteiger partial charge >= 0.3 is 0 Å². The molecule has 5 atom stereocenters. The van der Waals surface area contributed by atoms with Gasteiger partial charge < -0.3 is 19.0 Å². The normalized spacial score (nSPS) is 23.0. The summed E-state index contributed by atoms with van der Waals surface area (Å²) in [5.41, 5.74) is 1.19. The molecule has 1 aromatic rings. The summed E-state index contributed by atoms with van der Waals surface area (Å²) in [5, 5.41) is 9.40. The zero-order chi connectivity index (χ0) is 19.9. The fraction of sp³-hybridized carbons (Fsp3) is 0.727. The van der Waals surface area contributed by atoms with E-state index in [1.807, 2.05) is 18.2 Å². The molecule has 0 aliphatic carbocycles. The molecule has 0 spiro atoms. The van der Waals surface area contributed by atoms with E-state index in [1.165, 1.54) is 5.56 Å². The Hall–Kier alpha value is -0.723. The van der Waals surface area contributed by atoms with E-state index < -0.39 is 8.32 Å². The minimum atomic E-state index is -1.73. The van der Waals surface area contributed by atoms with Crippen LogP contribution in [0.2, 0.25) is 18.1 Å². The van der Waals surface area contributed by atoms with Gasteiger partial charge in [-0.25, -0.2) is 0 Å². The van der Waals surface area contributed by atoms with E-state index in [-0.39, 0.29) is 36.8 Å². The summed E-state index contributed by atoms with van der Waals surface area (Å²) in [6.45, 7) is 12.6. The highest BCUT2D eigenvalue weighted by Gasteiger charge is 2.48. The van der Waals surface area contributed by atoms with Crippen molar-refractivity contribution in [2.45, 2.75) is 77.7 Å². The Balaban J connectivity index is 2.01. The fourth-order valence-electron chi connectivity index (χ4n) is 4.01. The van der Waals surface area contributed by atoms with Crippen molar-refractivity contribution in [3.63, 3.8) is 0 Å². The predicted octanol–water partition coefficient (Wildman–Crippen LogP) is 4.63. The minimum absolute atomic E-state index is 0.0236. The van der Waals surface area contributed by atoms with Crippen LogP contribution in [0.1, 0.15) is 40.2 Å². The third-order valence-electron chi connectivity index (χ3n) is 6.21. The second-order valence-corrected chi connectivity index (χ2v) is 12.7. The molecule has 1 saturated heterocycles. The van der Waals surface area contributed by atoms with Crippen LogP contribution in [0.3, 0.4) is 0 Å². The highest BCUT2D eigenvalue weighted by Crippen LogP contribution is 2.37. The van der Waals surface area contributed by atoms with Gasteiger partial charge in [-0.1, -0.05) is 65.0 Å². The molecule has 27 heavy (non-hydrogen) atoms. The van der Waals surface area contributed by atoms with E-state index in [4.69, 9.17) is 13.9 Å². The van der Waals surface area contributed by atoms with Crippen molar-refractivity contribution < 1.29 is 19.0 Å². The first-order valence-corrected chi connectivity index (χ1v) is 13.1. The summed E-state index contributed by atoms with van der Waals surface area (Å²) in [4.78, 5) is 0. The summed E-state index contributed by atoms with van der Waals surface area (Å²) < 4.78 is 18.6. The summed E-state index contributed by atoms with van der Waals surface area (Å²) in [5.74, 6) is 0.540. The average Bonchev–Trinajstić information content (AvgIpc) is 3.50. The number of benzene rings is 1. The van der Waals surface area contributed by atoms with Crippen molar-refractivity contribution in [2.75, 3.05) is 13.2 Å². The van der Waals surface area contributed by atoms with Gasteiger partial charge in [0.1, 0.15) is 6.10 Å².